The largest absolute Gasteiger partial charge is 0.454 e. The number of rotatable bonds is 7. The van der Waals surface area contributed by atoms with Crippen LogP contribution in [0.1, 0.15) is 31.1 Å². The Labute approximate surface area is 142 Å². The minimum absolute atomic E-state index is 0.0572. The number of Topliss-reactive ketones (excluding diaryl/α,β-unsaturated/α-hetero) is 1. The van der Waals surface area contributed by atoms with Crippen LogP contribution in [0.15, 0.2) is 18.2 Å². The van der Waals surface area contributed by atoms with Gasteiger partial charge in [-0.3, -0.25) is 14.5 Å². The highest BCUT2D eigenvalue weighted by Gasteiger charge is 2.24. The van der Waals surface area contributed by atoms with Gasteiger partial charge in [0, 0.05) is 5.56 Å². The van der Waals surface area contributed by atoms with E-state index in [2.05, 4.69) is 5.32 Å². The number of nitrogens with zero attached hydrogens (tertiary/aromatic N) is 1. The monoisotopic (exact) mass is 335 g/mol. The normalized spacial score (nSPS) is 15.5. The van der Waals surface area contributed by atoms with Gasteiger partial charge in [0.1, 0.15) is 0 Å². The number of carbonyl (C=O) groups excluding carboxylic acids is 2. The molecule has 2 atom stereocenters. The summed E-state index contributed by atoms with van der Waals surface area (Å²) in [4.78, 5) is 26.3. The van der Waals surface area contributed by atoms with Crippen molar-refractivity contribution in [3.05, 3.63) is 23.8 Å². The van der Waals surface area contributed by atoms with Crippen LogP contribution in [0.2, 0.25) is 0 Å². The van der Waals surface area contributed by atoms with Gasteiger partial charge in [0.05, 0.1) is 18.8 Å². The summed E-state index contributed by atoms with van der Waals surface area (Å²) in [6.45, 7) is 5.99. The van der Waals surface area contributed by atoms with Crippen LogP contribution < -0.4 is 20.5 Å². The first-order valence-corrected chi connectivity index (χ1v) is 7.98. The fraction of sp³-hybridized carbons (Fsp3) is 0.529. The first kappa shape index (κ1) is 18.2. The molecule has 1 aliphatic rings. The molecule has 0 bridgehead atoms. The van der Waals surface area contributed by atoms with Crippen molar-refractivity contribution in [3.63, 3.8) is 0 Å². The molecule has 1 amide bonds. The second-order valence-electron chi connectivity index (χ2n) is 6.33. The Balaban J connectivity index is 1.94. The Kier molecular flexibility index (Phi) is 5.80. The van der Waals surface area contributed by atoms with Gasteiger partial charge in [-0.2, -0.15) is 0 Å². The van der Waals surface area contributed by atoms with Crippen molar-refractivity contribution in [2.24, 2.45) is 11.7 Å². The number of amides is 1. The number of likely N-dealkylation sites (N-methyl/N-ethyl adjacent to an activating group) is 1. The summed E-state index contributed by atoms with van der Waals surface area (Å²) in [5, 5.41) is 2.76. The van der Waals surface area contributed by atoms with Gasteiger partial charge in [-0.15, -0.1) is 0 Å². The Morgan fingerprint density at radius 1 is 1.25 bits per heavy atom. The lowest BCUT2D eigenvalue weighted by atomic mass is 10.0. The minimum atomic E-state index is -0.557. The number of hydrogen-bond donors (Lipinski definition) is 2. The van der Waals surface area contributed by atoms with E-state index < -0.39 is 12.1 Å². The zero-order valence-electron chi connectivity index (χ0n) is 14.5. The summed E-state index contributed by atoms with van der Waals surface area (Å²) in [5.74, 6) is 0.996. The van der Waals surface area contributed by atoms with Gasteiger partial charge >= 0.3 is 0 Å². The molecule has 1 aromatic carbocycles. The summed E-state index contributed by atoms with van der Waals surface area (Å²) in [5.41, 5.74) is 6.35. The number of nitrogens with one attached hydrogen (secondary N) is 1. The van der Waals surface area contributed by atoms with E-state index in [0.29, 0.717) is 17.1 Å². The van der Waals surface area contributed by atoms with Crippen LogP contribution in [0.3, 0.4) is 0 Å². The molecule has 7 heteroatoms. The number of ketones is 1. The molecule has 7 nitrogen and oxygen atoms in total. The SMILES string of the molecule is CC(C)[C@H](N)C(=O)NCN(C)C(C)C(=O)c1ccc2c(c1)OCO2. The van der Waals surface area contributed by atoms with Crippen LogP contribution in [0, 0.1) is 5.92 Å². The Hall–Kier alpha value is -2.12. The highest BCUT2D eigenvalue weighted by atomic mass is 16.7. The van der Waals surface area contributed by atoms with E-state index in [9.17, 15) is 9.59 Å². The summed E-state index contributed by atoms with van der Waals surface area (Å²) in [6.07, 6.45) is 0. The molecule has 132 valence electrons. The quantitative estimate of drug-likeness (QED) is 0.570. The number of carbonyl (C=O) groups is 2. The Bertz CT molecular complexity index is 618. The molecule has 0 aliphatic carbocycles. The predicted molar refractivity (Wildman–Crippen MR) is 89.9 cm³/mol. The van der Waals surface area contributed by atoms with Crippen molar-refractivity contribution >= 4 is 11.7 Å². The average molecular weight is 335 g/mol. The van der Waals surface area contributed by atoms with Gasteiger partial charge in [0.25, 0.3) is 0 Å². The standard InChI is InChI=1S/C17H25N3O4/c1-10(2)15(18)17(22)19-8-20(4)11(3)16(21)12-5-6-13-14(7-12)24-9-23-13/h5-7,10-11,15H,8-9,18H2,1-4H3,(H,19,22)/t11?,15-/m0/s1. The van der Waals surface area contributed by atoms with Crippen molar-refractivity contribution in [1.82, 2.24) is 10.2 Å². The lowest BCUT2D eigenvalue weighted by molar-refractivity contribution is -0.123. The third-order valence-corrected chi connectivity index (χ3v) is 4.22. The number of fused-ring (bicyclic) bond motifs is 1. The predicted octanol–water partition coefficient (Wildman–Crippen LogP) is 0.975. The van der Waals surface area contributed by atoms with Crippen LogP contribution in [0.5, 0.6) is 11.5 Å². The smallest absolute Gasteiger partial charge is 0.238 e. The van der Waals surface area contributed by atoms with E-state index in [1.165, 1.54) is 0 Å². The van der Waals surface area contributed by atoms with E-state index in [1.54, 1.807) is 37.1 Å². The van der Waals surface area contributed by atoms with E-state index in [4.69, 9.17) is 15.2 Å². The Morgan fingerprint density at radius 3 is 2.58 bits per heavy atom. The fourth-order valence-electron chi connectivity index (χ4n) is 2.25. The van der Waals surface area contributed by atoms with E-state index in [1.807, 2.05) is 13.8 Å². The van der Waals surface area contributed by atoms with Crippen molar-refractivity contribution in [2.75, 3.05) is 20.5 Å². The first-order chi connectivity index (χ1) is 11.3. The molecule has 0 spiro atoms. The van der Waals surface area contributed by atoms with Crippen molar-refractivity contribution < 1.29 is 19.1 Å². The van der Waals surface area contributed by atoms with Crippen LogP contribution in [0.4, 0.5) is 0 Å². The second kappa shape index (κ2) is 7.63. The molecule has 24 heavy (non-hydrogen) atoms. The zero-order chi connectivity index (χ0) is 17.9. The molecule has 0 saturated carbocycles. The summed E-state index contributed by atoms with van der Waals surface area (Å²) in [6, 6.07) is 4.17. The number of hydrogen-bond acceptors (Lipinski definition) is 6. The topological polar surface area (TPSA) is 93.9 Å². The minimum Gasteiger partial charge on any atom is -0.454 e. The summed E-state index contributed by atoms with van der Waals surface area (Å²) >= 11 is 0. The molecule has 0 radical (unpaired) electrons. The number of ether oxygens (including phenoxy) is 2. The second-order valence-corrected chi connectivity index (χ2v) is 6.33. The highest BCUT2D eigenvalue weighted by Crippen LogP contribution is 2.32. The van der Waals surface area contributed by atoms with Crippen LogP contribution in [-0.4, -0.2) is 49.2 Å². The van der Waals surface area contributed by atoms with Crippen LogP contribution in [-0.2, 0) is 4.79 Å². The van der Waals surface area contributed by atoms with E-state index in [-0.39, 0.29) is 31.1 Å². The van der Waals surface area contributed by atoms with Crippen LogP contribution >= 0.6 is 0 Å². The molecular formula is C17H25N3O4. The molecular weight excluding hydrogens is 310 g/mol. The molecule has 1 aliphatic heterocycles. The van der Waals surface area contributed by atoms with Crippen molar-refractivity contribution in [1.29, 1.82) is 0 Å². The molecule has 1 heterocycles. The van der Waals surface area contributed by atoms with Gasteiger partial charge in [-0.25, -0.2) is 0 Å². The van der Waals surface area contributed by atoms with E-state index in [0.717, 1.165) is 0 Å². The maximum absolute atomic E-state index is 12.6. The number of nitrogens with two attached hydrogens (primary N) is 1. The number of benzene rings is 1. The molecule has 3 N–H and O–H groups in total. The molecule has 0 aromatic heterocycles. The van der Waals surface area contributed by atoms with E-state index >= 15 is 0 Å². The third-order valence-electron chi connectivity index (χ3n) is 4.22. The molecule has 1 aromatic rings. The highest BCUT2D eigenvalue weighted by molar-refractivity contribution is 6.00. The maximum Gasteiger partial charge on any atom is 0.238 e. The van der Waals surface area contributed by atoms with Gasteiger partial charge in [0.2, 0.25) is 12.7 Å². The lowest BCUT2D eigenvalue weighted by Crippen LogP contribution is -2.49. The van der Waals surface area contributed by atoms with Gasteiger partial charge < -0.3 is 20.5 Å². The van der Waals surface area contributed by atoms with Gasteiger partial charge in [-0.1, -0.05) is 13.8 Å². The summed E-state index contributed by atoms with van der Waals surface area (Å²) < 4.78 is 10.5. The zero-order valence-corrected chi connectivity index (χ0v) is 14.5. The first-order valence-electron chi connectivity index (χ1n) is 7.98. The molecule has 1 unspecified atom stereocenters. The maximum atomic E-state index is 12.6. The third kappa shape index (κ3) is 4.04. The van der Waals surface area contributed by atoms with Crippen molar-refractivity contribution in [3.8, 4) is 11.5 Å². The average Bonchev–Trinajstić information content (AvgIpc) is 3.04. The van der Waals surface area contributed by atoms with Crippen LogP contribution in [0.25, 0.3) is 0 Å². The molecule has 0 fully saturated rings. The van der Waals surface area contributed by atoms with Crippen molar-refractivity contribution in [2.45, 2.75) is 32.9 Å². The molecule has 0 saturated heterocycles. The van der Waals surface area contributed by atoms with Gasteiger partial charge in [-0.05, 0) is 38.1 Å². The summed E-state index contributed by atoms with van der Waals surface area (Å²) in [7, 11) is 1.77. The Morgan fingerprint density at radius 2 is 1.92 bits per heavy atom. The molecule has 2 rings (SSSR count). The van der Waals surface area contributed by atoms with Gasteiger partial charge in [0.15, 0.2) is 17.3 Å². The fourth-order valence-corrected chi connectivity index (χ4v) is 2.25. The lowest BCUT2D eigenvalue weighted by Gasteiger charge is -2.25.